The minimum Gasteiger partial charge on any atom is -0.325 e. The van der Waals surface area contributed by atoms with Gasteiger partial charge in [0.2, 0.25) is 5.91 Å². The largest absolute Gasteiger partial charge is 0.325 e. The van der Waals surface area contributed by atoms with Crippen molar-refractivity contribution in [3.8, 4) is 0 Å². The molecule has 5 heteroatoms. The molecule has 1 aromatic carbocycles. The van der Waals surface area contributed by atoms with Gasteiger partial charge in [-0.05, 0) is 90.3 Å². The number of carbonyl (C=O) groups excluding carboxylic acids is 1. The lowest BCUT2D eigenvalue weighted by Gasteiger charge is -2.22. The van der Waals surface area contributed by atoms with Crippen molar-refractivity contribution in [2.24, 2.45) is 23.5 Å². The predicted molar refractivity (Wildman–Crippen MR) is 92.0 cm³/mol. The molecule has 0 radical (unpaired) electrons. The van der Waals surface area contributed by atoms with Gasteiger partial charge in [0, 0.05) is 9.26 Å². The Balaban J connectivity index is 0.00000147. The SMILES string of the molecule is Cl.N[C@H](C(=O)Nc1ccc(I)cc1)C(C1CC1)C1CC1. The van der Waals surface area contributed by atoms with E-state index in [1.165, 1.54) is 25.7 Å². The van der Waals surface area contributed by atoms with Crippen molar-refractivity contribution in [1.82, 2.24) is 0 Å². The van der Waals surface area contributed by atoms with Crippen LogP contribution in [0.25, 0.3) is 0 Å². The highest BCUT2D eigenvalue weighted by molar-refractivity contribution is 14.1. The number of nitrogens with two attached hydrogens (primary N) is 1. The van der Waals surface area contributed by atoms with E-state index in [9.17, 15) is 4.79 Å². The average Bonchev–Trinajstić information content (AvgIpc) is 3.25. The third-order valence-electron chi connectivity index (χ3n) is 4.16. The van der Waals surface area contributed by atoms with Gasteiger partial charge in [0.1, 0.15) is 0 Å². The smallest absolute Gasteiger partial charge is 0.241 e. The molecule has 3 N–H and O–H groups in total. The minimum absolute atomic E-state index is 0. The summed E-state index contributed by atoms with van der Waals surface area (Å²) in [5.41, 5.74) is 7.05. The predicted octanol–water partition coefficient (Wildman–Crippen LogP) is 3.42. The summed E-state index contributed by atoms with van der Waals surface area (Å²) < 4.78 is 1.16. The summed E-state index contributed by atoms with van der Waals surface area (Å²) in [6, 6.07) is 7.48. The van der Waals surface area contributed by atoms with E-state index in [0.717, 1.165) is 9.26 Å². The van der Waals surface area contributed by atoms with E-state index in [2.05, 4.69) is 27.9 Å². The van der Waals surface area contributed by atoms with Gasteiger partial charge >= 0.3 is 0 Å². The molecule has 20 heavy (non-hydrogen) atoms. The van der Waals surface area contributed by atoms with Crippen molar-refractivity contribution >= 4 is 46.6 Å². The number of halogens is 2. The minimum atomic E-state index is -0.348. The summed E-state index contributed by atoms with van der Waals surface area (Å²) in [5.74, 6) is 1.78. The first kappa shape index (κ1) is 16.0. The van der Waals surface area contributed by atoms with Crippen LogP contribution in [-0.4, -0.2) is 11.9 Å². The van der Waals surface area contributed by atoms with Gasteiger partial charge in [-0.15, -0.1) is 12.4 Å². The van der Waals surface area contributed by atoms with Crippen LogP contribution in [-0.2, 0) is 4.79 Å². The number of amides is 1. The fourth-order valence-corrected chi connectivity index (χ4v) is 3.23. The molecule has 2 aliphatic carbocycles. The van der Waals surface area contributed by atoms with Crippen LogP contribution in [0.2, 0.25) is 0 Å². The molecule has 0 heterocycles. The maximum absolute atomic E-state index is 12.3. The Labute approximate surface area is 139 Å². The monoisotopic (exact) mass is 406 g/mol. The van der Waals surface area contributed by atoms with Crippen molar-refractivity contribution in [2.75, 3.05) is 5.32 Å². The summed E-state index contributed by atoms with van der Waals surface area (Å²) in [7, 11) is 0. The fourth-order valence-electron chi connectivity index (χ4n) is 2.87. The van der Waals surface area contributed by atoms with Crippen molar-refractivity contribution in [2.45, 2.75) is 31.7 Å². The van der Waals surface area contributed by atoms with Gasteiger partial charge in [0.15, 0.2) is 0 Å². The highest BCUT2D eigenvalue weighted by atomic mass is 127. The first-order valence-electron chi connectivity index (χ1n) is 6.97. The Bertz CT molecular complexity index is 459. The van der Waals surface area contributed by atoms with Crippen LogP contribution in [0, 0.1) is 21.3 Å². The number of anilines is 1. The van der Waals surface area contributed by atoms with Gasteiger partial charge in [-0.3, -0.25) is 4.79 Å². The fraction of sp³-hybridized carbons (Fsp3) is 0.533. The third kappa shape index (κ3) is 3.86. The first-order chi connectivity index (χ1) is 9.15. The summed E-state index contributed by atoms with van der Waals surface area (Å²) in [5, 5.41) is 2.95. The number of nitrogens with one attached hydrogen (secondary N) is 1. The van der Waals surface area contributed by atoms with Crippen LogP contribution in [0.1, 0.15) is 25.7 Å². The van der Waals surface area contributed by atoms with Gasteiger partial charge in [-0.2, -0.15) is 0 Å². The molecule has 3 rings (SSSR count). The summed E-state index contributed by atoms with van der Waals surface area (Å²) >= 11 is 2.25. The summed E-state index contributed by atoms with van der Waals surface area (Å²) in [6.07, 6.45) is 5.02. The van der Waals surface area contributed by atoms with Crippen LogP contribution in [0.15, 0.2) is 24.3 Å². The molecular formula is C15H20ClIN2O. The molecule has 2 saturated carbocycles. The molecule has 0 spiro atoms. The Kier molecular flexibility index (Phi) is 5.31. The normalized spacial score (nSPS) is 19.4. The first-order valence-corrected chi connectivity index (χ1v) is 8.05. The third-order valence-corrected chi connectivity index (χ3v) is 4.88. The van der Waals surface area contributed by atoms with Gasteiger partial charge in [-0.25, -0.2) is 0 Å². The molecule has 110 valence electrons. The molecular weight excluding hydrogens is 387 g/mol. The maximum Gasteiger partial charge on any atom is 0.241 e. The number of hydrogen-bond donors (Lipinski definition) is 2. The quantitative estimate of drug-likeness (QED) is 0.736. The van der Waals surface area contributed by atoms with Crippen LogP contribution >= 0.6 is 35.0 Å². The summed E-state index contributed by atoms with van der Waals surface area (Å²) in [6.45, 7) is 0. The molecule has 0 aromatic heterocycles. The second-order valence-corrected chi connectivity index (χ2v) is 7.02. The topological polar surface area (TPSA) is 55.1 Å². The van der Waals surface area contributed by atoms with E-state index in [-0.39, 0.29) is 24.4 Å². The van der Waals surface area contributed by atoms with Gasteiger partial charge in [-0.1, -0.05) is 0 Å². The molecule has 2 fully saturated rings. The lowest BCUT2D eigenvalue weighted by Crippen LogP contribution is -2.43. The zero-order chi connectivity index (χ0) is 13.4. The lowest BCUT2D eigenvalue weighted by atomic mass is 9.89. The van der Waals surface area contributed by atoms with Crippen LogP contribution in [0.5, 0.6) is 0 Å². The summed E-state index contributed by atoms with van der Waals surface area (Å²) in [4.78, 5) is 12.3. The van der Waals surface area contributed by atoms with Crippen molar-refractivity contribution in [3.63, 3.8) is 0 Å². The van der Waals surface area contributed by atoms with E-state index in [1.54, 1.807) is 0 Å². The molecule has 0 bridgehead atoms. The van der Waals surface area contributed by atoms with E-state index in [1.807, 2.05) is 24.3 Å². The highest BCUT2D eigenvalue weighted by Crippen LogP contribution is 2.50. The highest BCUT2D eigenvalue weighted by Gasteiger charge is 2.46. The number of benzene rings is 1. The number of carbonyl (C=O) groups is 1. The van der Waals surface area contributed by atoms with E-state index >= 15 is 0 Å². The van der Waals surface area contributed by atoms with Gasteiger partial charge in [0.05, 0.1) is 6.04 Å². The molecule has 0 unspecified atom stereocenters. The molecule has 1 atom stereocenters. The average molecular weight is 407 g/mol. The van der Waals surface area contributed by atoms with Crippen molar-refractivity contribution < 1.29 is 4.79 Å². The van der Waals surface area contributed by atoms with Crippen LogP contribution < -0.4 is 11.1 Å². The zero-order valence-electron chi connectivity index (χ0n) is 11.2. The molecule has 1 aromatic rings. The lowest BCUT2D eigenvalue weighted by molar-refractivity contribution is -0.118. The maximum atomic E-state index is 12.3. The van der Waals surface area contributed by atoms with Gasteiger partial charge < -0.3 is 11.1 Å². The van der Waals surface area contributed by atoms with E-state index < -0.39 is 0 Å². The number of hydrogen-bond acceptors (Lipinski definition) is 2. The number of rotatable bonds is 5. The van der Waals surface area contributed by atoms with Crippen molar-refractivity contribution in [1.29, 1.82) is 0 Å². The van der Waals surface area contributed by atoms with Crippen LogP contribution in [0.3, 0.4) is 0 Å². The van der Waals surface area contributed by atoms with E-state index in [4.69, 9.17) is 5.73 Å². The second-order valence-electron chi connectivity index (χ2n) is 5.77. The molecule has 0 saturated heterocycles. The standard InChI is InChI=1S/C15H19IN2O.ClH/c16-11-5-7-12(8-6-11)18-15(19)14(17)13(9-1-2-9)10-3-4-10;/h5-10,13-14H,1-4,17H2,(H,18,19);1H/t14-;/m0./s1. The molecule has 0 aliphatic heterocycles. The Morgan fingerprint density at radius 1 is 1.15 bits per heavy atom. The molecule has 3 nitrogen and oxygen atoms in total. The van der Waals surface area contributed by atoms with E-state index in [0.29, 0.717) is 17.8 Å². The van der Waals surface area contributed by atoms with Crippen LogP contribution in [0.4, 0.5) is 5.69 Å². The Morgan fingerprint density at radius 3 is 2.10 bits per heavy atom. The van der Waals surface area contributed by atoms with Gasteiger partial charge in [0.25, 0.3) is 0 Å². The van der Waals surface area contributed by atoms with Crippen molar-refractivity contribution in [3.05, 3.63) is 27.8 Å². The zero-order valence-corrected chi connectivity index (χ0v) is 14.2. The Morgan fingerprint density at radius 2 is 1.65 bits per heavy atom. The molecule has 2 aliphatic rings. The molecule has 1 amide bonds. The Hall–Kier alpha value is -0.330. The second kappa shape index (κ2) is 6.62.